The average Bonchev–Trinajstić information content (AvgIpc) is 3.76. The molecule has 0 amide bonds. The number of hydrogen-bond donors (Lipinski definition) is 0. The highest BCUT2D eigenvalue weighted by molar-refractivity contribution is 5.92. The summed E-state index contributed by atoms with van der Waals surface area (Å²) in [5, 5.41) is 0.962. The molecule has 7 nitrogen and oxygen atoms in total. The number of furan rings is 1. The molecule has 59 heavy (non-hydrogen) atoms. The SMILES string of the molecule is c1ccc(-c2nc(-c3ccccc3)nc(-c3ccc4c(c3)C3c5ccccc5C4c4cc(-c5nc(-c6ccccc6)nc(-c6coc7ccccc67)n5)ccc43)n2)cc1. The van der Waals surface area contributed by atoms with E-state index < -0.39 is 0 Å². The second-order valence-electron chi connectivity index (χ2n) is 15.0. The van der Waals surface area contributed by atoms with Gasteiger partial charge in [-0.25, -0.2) is 29.9 Å². The van der Waals surface area contributed by atoms with Crippen LogP contribution in [0.15, 0.2) is 187 Å². The number of nitrogens with zero attached hydrogens (tertiary/aromatic N) is 6. The molecule has 0 N–H and O–H groups in total. The lowest BCUT2D eigenvalue weighted by atomic mass is 9.61. The van der Waals surface area contributed by atoms with Gasteiger partial charge < -0.3 is 4.42 Å². The summed E-state index contributed by atoms with van der Waals surface area (Å²) >= 11 is 0. The van der Waals surface area contributed by atoms with Crippen LogP contribution in [0.1, 0.15) is 45.2 Å². The first-order chi connectivity index (χ1) is 29.2. The van der Waals surface area contributed by atoms with Crippen LogP contribution in [0.25, 0.3) is 79.3 Å². The van der Waals surface area contributed by atoms with Crippen LogP contribution in [0.3, 0.4) is 0 Å². The van der Waals surface area contributed by atoms with E-state index in [-0.39, 0.29) is 11.8 Å². The average molecular weight is 757 g/mol. The molecule has 7 aromatic carbocycles. The lowest BCUT2D eigenvalue weighted by Crippen LogP contribution is -2.27. The summed E-state index contributed by atoms with van der Waals surface area (Å²) in [7, 11) is 0. The Kier molecular flexibility index (Phi) is 7.53. The van der Waals surface area contributed by atoms with Crippen molar-refractivity contribution in [2.45, 2.75) is 11.8 Å². The predicted molar refractivity (Wildman–Crippen MR) is 230 cm³/mol. The van der Waals surface area contributed by atoms with Crippen molar-refractivity contribution >= 4 is 11.0 Å². The molecule has 10 aromatic rings. The molecule has 0 fully saturated rings. The monoisotopic (exact) mass is 756 g/mol. The quantitative estimate of drug-likeness (QED) is 0.167. The molecule has 276 valence electrons. The Bertz CT molecular complexity index is 3180. The largest absolute Gasteiger partial charge is 0.464 e. The molecule has 3 aromatic heterocycles. The first-order valence-electron chi connectivity index (χ1n) is 19.8. The fraction of sp³-hybridized carbons (Fsp3) is 0.0385. The molecule has 3 aliphatic rings. The maximum Gasteiger partial charge on any atom is 0.167 e. The van der Waals surface area contributed by atoms with Crippen LogP contribution in [0.4, 0.5) is 0 Å². The highest BCUT2D eigenvalue weighted by atomic mass is 16.3. The van der Waals surface area contributed by atoms with Gasteiger partial charge in [0.05, 0.1) is 5.56 Å². The topological polar surface area (TPSA) is 90.5 Å². The Morgan fingerprint density at radius 2 is 0.678 bits per heavy atom. The molecule has 0 radical (unpaired) electrons. The number of para-hydroxylation sites is 1. The molecule has 0 aliphatic heterocycles. The van der Waals surface area contributed by atoms with E-state index in [1.807, 2.05) is 115 Å². The van der Waals surface area contributed by atoms with Crippen molar-refractivity contribution in [1.82, 2.24) is 29.9 Å². The van der Waals surface area contributed by atoms with Crippen molar-refractivity contribution in [3.63, 3.8) is 0 Å². The maximum absolute atomic E-state index is 5.95. The summed E-state index contributed by atoms with van der Waals surface area (Å²) < 4.78 is 5.95. The fourth-order valence-electron chi connectivity index (χ4n) is 8.93. The molecule has 13 rings (SSSR count). The zero-order valence-electron chi connectivity index (χ0n) is 31.6. The normalized spacial score (nSPS) is 14.8. The van der Waals surface area contributed by atoms with Gasteiger partial charge in [-0.15, -0.1) is 0 Å². The second-order valence-corrected chi connectivity index (χ2v) is 15.0. The van der Waals surface area contributed by atoms with E-state index in [0.29, 0.717) is 34.9 Å². The predicted octanol–water partition coefficient (Wildman–Crippen LogP) is 11.8. The van der Waals surface area contributed by atoms with Gasteiger partial charge in [0.1, 0.15) is 11.8 Å². The van der Waals surface area contributed by atoms with Gasteiger partial charge in [0.15, 0.2) is 34.9 Å². The maximum atomic E-state index is 5.95. The molecule has 0 saturated heterocycles. The number of fused-ring (bicyclic) bond motifs is 1. The van der Waals surface area contributed by atoms with E-state index in [2.05, 4.69) is 60.7 Å². The summed E-state index contributed by atoms with van der Waals surface area (Å²) in [6.07, 6.45) is 1.74. The van der Waals surface area contributed by atoms with Crippen molar-refractivity contribution in [1.29, 1.82) is 0 Å². The highest BCUT2D eigenvalue weighted by Crippen LogP contribution is 2.56. The molecule has 3 heterocycles. The Balaban J connectivity index is 0.996. The van der Waals surface area contributed by atoms with E-state index in [4.69, 9.17) is 34.3 Å². The van der Waals surface area contributed by atoms with Gasteiger partial charge in [-0.2, -0.15) is 0 Å². The number of benzene rings is 7. The van der Waals surface area contributed by atoms with Gasteiger partial charge >= 0.3 is 0 Å². The van der Waals surface area contributed by atoms with E-state index in [1.54, 1.807) is 6.26 Å². The molecule has 2 bridgehead atoms. The Morgan fingerprint density at radius 1 is 0.305 bits per heavy atom. The van der Waals surface area contributed by atoms with Gasteiger partial charge in [0.25, 0.3) is 0 Å². The lowest BCUT2D eigenvalue weighted by molar-refractivity contribution is 0.616. The summed E-state index contributed by atoms with van der Waals surface area (Å²) in [6, 6.07) is 60.7. The Labute approximate surface area is 339 Å². The van der Waals surface area contributed by atoms with E-state index in [0.717, 1.165) is 44.3 Å². The summed E-state index contributed by atoms with van der Waals surface area (Å²) in [6.45, 7) is 0. The van der Waals surface area contributed by atoms with Crippen LogP contribution in [0.2, 0.25) is 0 Å². The van der Waals surface area contributed by atoms with Crippen LogP contribution in [-0.2, 0) is 0 Å². The van der Waals surface area contributed by atoms with Crippen molar-refractivity contribution in [2.75, 3.05) is 0 Å². The van der Waals surface area contributed by atoms with Crippen LogP contribution in [0, 0.1) is 0 Å². The summed E-state index contributed by atoms with van der Waals surface area (Å²) in [4.78, 5) is 30.3. The molecular weight excluding hydrogens is 725 g/mol. The van der Waals surface area contributed by atoms with Gasteiger partial charge in [0, 0.05) is 45.0 Å². The fourth-order valence-corrected chi connectivity index (χ4v) is 8.93. The molecular formula is C52H32N6O. The number of hydrogen-bond acceptors (Lipinski definition) is 7. The molecule has 2 atom stereocenters. The Morgan fingerprint density at radius 3 is 1.15 bits per heavy atom. The van der Waals surface area contributed by atoms with Gasteiger partial charge in [0.2, 0.25) is 0 Å². The Hall–Kier alpha value is -7.90. The third kappa shape index (κ3) is 5.51. The van der Waals surface area contributed by atoms with E-state index in [1.165, 1.54) is 33.4 Å². The molecule has 0 saturated carbocycles. The molecule has 0 spiro atoms. The highest BCUT2D eigenvalue weighted by Gasteiger charge is 2.41. The standard InChI is InChI=1S/C52H32N6O/c1-4-14-31(15-5-1)47-53-48(32-16-6-2-7-17-32)55-50(54-47)34-24-26-39-41(28-34)45-37-21-10-11-22-38(37)46(39)42-29-35(25-27-40(42)45)51-56-49(33-18-8-3-9-19-33)57-52(58-51)43-30-59-44-23-13-12-20-36(43)44/h1-30,45-46H. The zero-order chi connectivity index (χ0) is 38.9. The molecule has 2 unspecified atom stereocenters. The molecule has 3 aliphatic carbocycles. The van der Waals surface area contributed by atoms with Crippen LogP contribution in [-0.4, -0.2) is 29.9 Å². The van der Waals surface area contributed by atoms with Gasteiger partial charge in [-0.1, -0.05) is 158 Å². The van der Waals surface area contributed by atoms with Crippen LogP contribution >= 0.6 is 0 Å². The van der Waals surface area contributed by atoms with Crippen molar-refractivity contribution < 1.29 is 4.42 Å². The summed E-state index contributed by atoms with van der Waals surface area (Å²) in [5.41, 5.74) is 14.1. The van der Waals surface area contributed by atoms with Crippen LogP contribution in [0.5, 0.6) is 0 Å². The van der Waals surface area contributed by atoms with Crippen LogP contribution < -0.4 is 0 Å². The zero-order valence-corrected chi connectivity index (χ0v) is 31.6. The lowest BCUT2D eigenvalue weighted by Gasteiger charge is -2.42. The first kappa shape index (κ1) is 33.3. The third-order valence-corrected chi connectivity index (χ3v) is 11.6. The third-order valence-electron chi connectivity index (χ3n) is 11.6. The number of rotatable bonds is 6. The minimum Gasteiger partial charge on any atom is -0.464 e. The minimum atomic E-state index is 0.0287. The number of aromatic nitrogens is 6. The molecule has 7 heteroatoms. The first-order valence-corrected chi connectivity index (χ1v) is 19.8. The summed E-state index contributed by atoms with van der Waals surface area (Å²) in [5.74, 6) is 3.81. The van der Waals surface area contributed by atoms with Crippen molar-refractivity contribution in [2.24, 2.45) is 0 Å². The van der Waals surface area contributed by atoms with Crippen molar-refractivity contribution in [3.05, 3.63) is 216 Å². The van der Waals surface area contributed by atoms with Gasteiger partial charge in [-0.3, -0.25) is 0 Å². The minimum absolute atomic E-state index is 0.0287. The van der Waals surface area contributed by atoms with E-state index >= 15 is 0 Å². The van der Waals surface area contributed by atoms with Crippen molar-refractivity contribution in [3.8, 4) is 68.3 Å². The van der Waals surface area contributed by atoms with E-state index in [9.17, 15) is 0 Å². The smallest absolute Gasteiger partial charge is 0.167 e. The van der Waals surface area contributed by atoms with Gasteiger partial charge in [-0.05, 0) is 51.6 Å². The second kappa shape index (κ2) is 13.4.